The molecule has 4 heteroatoms. The third kappa shape index (κ3) is 3.84. The number of rotatable bonds is 5. The molecule has 0 unspecified atom stereocenters. The van der Waals surface area contributed by atoms with Gasteiger partial charge in [0.15, 0.2) is 0 Å². The van der Waals surface area contributed by atoms with Crippen molar-refractivity contribution in [2.45, 2.75) is 13.3 Å². The molecule has 0 bridgehead atoms. The number of ketones is 1. The molecule has 0 heterocycles. The summed E-state index contributed by atoms with van der Waals surface area (Å²) in [5.74, 6) is 0.878. The fourth-order valence-electron chi connectivity index (χ4n) is 1.16. The van der Waals surface area contributed by atoms with E-state index in [9.17, 15) is 9.18 Å². The number of halogens is 2. The van der Waals surface area contributed by atoms with Gasteiger partial charge in [-0.15, -0.1) is 0 Å². The van der Waals surface area contributed by atoms with E-state index in [1.165, 1.54) is 6.07 Å². The Hall–Kier alpha value is -0.540. The molecule has 82 valence electrons. The smallest absolute Gasteiger partial charge is 0.147 e. The highest BCUT2D eigenvalue weighted by molar-refractivity contribution is 7.99. The maximum atomic E-state index is 13.4. The van der Waals surface area contributed by atoms with Crippen LogP contribution in [0.2, 0.25) is 5.02 Å². The van der Waals surface area contributed by atoms with Crippen molar-refractivity contribution in [2.24, 2.45) is 0 Å². The lowest BCUT2D eigenvalue weighted by Gasteiger charge is -2.03. The molecular weight excluding hydrogens is 235 g/mol. The maximum Gasteiger partial charge on any atom is 0.147 e. The molecule has 0 aliphatic rings. The van der Waals surface area contributed by atoms with Gasteiger partial charge in [-0.05, 0) is 17.4 Å². The Labute approximate surface area is 98.0 Å². The van der Waals surface area contributed by atoms with Crippen molar-refractivity contribution < 1.29 is 9.18 Å². The molecule has 0 N–H and O–H groups in total. The molecule has 0 radical (unpaired) electrons. The number of benzene rings is 1. The highest BCUT2D eigenvalue weighted by Crippen LogP contribution is 2.18. The van der Waals surface area contributed by atoms with Crippen LogP contribution in [0, 0.1) is 5.82 Å². The summed E-state index contributed by atoms with van der Waals surface area (Å²) in [6.07, 6.45) is 0.124. The quantitative estimate of drug-likeness (QED) is 0.793. The summed E-state index contributed by atoms with van der Waals surface area (Å²) in [4.78, 5) is 11.4. The van der Waals surface area contributed by atoms with E-state index >= 15 is 0 Å². The Balaban J connectivity index is 2.64. The second-order valence-electron chi connectivity index (χ2n) is 3.07. The van der Waals surface area contributed by atoms with Gasteiger partial charge in [-0.3, -0.25) is 4.79 Å². The van der Waals surface area contributed by atoms with Gasteiger partial charge in [-0.25, -0.2) is 4.39 Å². The Morgan fingerprint density at radius 3 is 2.93 bits per heavy atom. The van der Waals surface area contributed by atoms with Crippen LogP contribution in [0.15, 0.2) is 18.2 Å². The zero-order valence-electron chi connectivity index (χ0n) is 8.43. The molecule has 15 heavy (non-hydrogen) atoms. The van der Waals surface area contributed by atoms with Crippen LogP contribution in [0.5, 0.6) is 0 Å². The molecule has 0 amide bonds. The minimum atomic E-state index is -0.478. The van der Waals surface area contributed by atoms with Crippen molar-refractivity contribution in [1.29, 1.82) is 0 Å². The van der Waals surface area contributed by atoms with Crippen LogP contribution in [0.3, 0.4) is 0 Å². The SMILES string of the molecule is CCSCC(=O)Cc1cccc(Cl)c1F. The predicted molar refractivity (Wildman–Crippen MR) is 63.1 cm³/mol. The molecule has 0 aliphatic heterocycles. The van der Waals surface area contributed by atoms with Crippen molar-refractivity contribution in [3.8, 4) is 0 Å². The minimum Gasteiger partial charge on any atom is -0.298 e. The standard InChI is InChI=1S/C11H12ClFOS/c1-2-15-7-9(14)6-8-4-3-5-10(12)11(8)13/h3-5H,2,6-7H2,1H3. The zero-order valence-corrected chi connectivity index (χ0v) is 10.00. The molecule has 0 spiro atoms. The molecule has 1 aromatic carbocycles. The lowest BCUT2D eigenvalue weighted by atomic mass is 10.1. The Morgan fingerprint density at radius 2 is 2.27 bits per heavy atom. The fraction of sp³-hybridized carbons (Fsp3) is 0.364. The van der Waals surface area contributed by atoms with Gasteiger partial charge < -0.3 is 0 Å². The molecule has 0 atom stereocenters. The number of hydrogen-bond acceptors (Lipinski definition) is 2. The van der Waals surface area contributed by atoms with E-state index < -0.39 is 5.82 Å². The number of carbonyl (C=O) groups excluding carboxylic acids is 1. The molecule has 1 aromatic rings. The Kier molecular flexibility index (Phi) is 5.12. The lowest BCUT2D eigenvalue weighted by Crippen LogP contribution is -2.07. The summed E-state index contributed by atoms with van der Waals surface area (Å²) >= 11 is 7.15. The van der Waals surface area contributed by atoms with E-state index in [2.05, 4.69) is 0 Å². The third-order valence-corrected chi connectivity index (χ3v) is 3.11. The first-order chi connectivity index (χ1) is 7.15. The summed E-state index contributed by atoms with van der Waals surface area (Å²) < 4.78 is 13.4. The van der Waals surface area contributed by atoms with Gasteiger partial charge in [0, 0.05) is 6.42 Å². The molecule has 1 nitrogen and oxygen atoms in total. The number of hydrogen-bond donors (Lipinski definition) is 0. The van der Waals surface area contributed by atoms with Gasteiger partial charge >= 0.3 is 0 Å². The average Bonchev–Trinajstić information content (AvgIpc) is 2.22. The van der Waals surface area contributed by atoms with Gasteiger partial charge in [0.1, 0.15) is 11.6 Å². The van der Waals surface area contributed by atoms with Gasteiger partial charge in [-0.1, -0.05) is 30.7 Å². The van der Waals surface area contributed by atoms with Gasteiger partial charge in [0.25, 0.3) is 0 Å². The predicted octanol–water partition coefficient (Wildman–Crippen LogP) is 3.34. The third-order valence-electron chi connectivity index (χ3n) is 1.89. The molecule has 0 aliphatic carbocycles. The molecule has 0 saturated heterocycles. The van der Waals surface area contributed by atoms with Crippen LogP contribution in [0.1, 0.15) is 12.5 Å². The summed E-state index contributed by atoms with van der Waals surface area (Å²) in [6, 6.07) is 4.72. The Bertz CT molecular complexity index is 354. The van der Waals surface area contributed by atoms with Crippen LogP contribution < -0.4 is 0 Å². The van der Waals surface area contributed by atoms with E-state index in [0.717, 1.165) is 5.75 Å². The molecule has 0 aromatic heterocycles. The second-order valence-corrected chi connectivity index (χ2v) is 4.75. The largest absolute Gasteiger partial charge is 0.298 e. The van der Waals surface area contributed by atoms with Crippen LogP contribution >= 0.6 is 23.4 Å². The zero-order chi connectivity index (χ0) is 11.3. The molecule has 1 rings (SSSR count). The second kappa shape index (κ2) is 6.13. The first kappa shape index (κ1) is 12.5. The van der Waals surface area contributed by atoms with Crippen LogP contribution in [-0.2, 0) is 11.2 Å². The van der Waals surface area contributed by atoms with Crippen LogP contribution in [-0.4, -0.2) is 17.3 Å². The lowest BCUT2D eigenvalue weighted by molar-refractivity contribution is -0.116. The van der Waals surface area contributed by atoms with Crippen molar-refractivity contribution >= 4 is 29.1 Å². The van der Waals surface area contributed by atoms with E-state index in [4.69, 9.17) is 11.6 Å². The van der Waals surface area contributed by atoms with Crippen LogP contribution in [0.25, 0.3) is 0 Å². The highest BCUT2D eigenvalue weighted by atomic mass is 35.5. The minimum absolute atomic E-state index is 0.0306. The van der Waals surface area contributed by atoms with E-state index in [-0.39, 0.29) is 17.2 Å². The van der Waals surface area contributed by atoms with Crippen molar-refractivity contribution in [3.63, 3.8) is 0 Å². The number of Topliss-reactive ketones (excluding diaryl/α,β-unsaturated/α-hetero) is 1. The number of carbonyl (C=O) groups is 1. The van der Waals surface area contributed by atoms with E-state index in [1.807, 2.05) is 6.92 Å². The summed E-state index contributed by atoms with van der Waals surface area (Å²) in [5.41, 5.74) is 0.379. The first-order valence-electron chi connectivity index (χ1n) is 4.67. The molecule has 0 saturated carbocycles. The van der Waals surface area contributed by atoms with Crippen molar-refractivity contribution in [3.05, 3.63) is 34.6 Å². The summed E-state index contributed by atoms with van der Waals surface area (Å²) in [5, 5.41) is 0.0726. The summed E-state index contributed by atoms with van der Waals surface area (Å²) in [7, 11) is 0. The first-order valence-corrected chi connectivity index (χ1v) is 6.20. The molecular formula is C11H12ClFOS. The topological polar surface area (TPSA) is 17.1 Å². The van der Waals surface area contributed by atoms with E-state index in [1.54, 1.807) is 23.9 Å². The van der Waals surface area contributed by atoms with E-state index in [0.29, 0.717) is 11.3 Å². The van der Waals surface area contributed by atoms with Crippen molar-refractivity contribution in [1.82, 2.24) is 0 Å². The summed E-state index contributed by atoms with van der Waals surface area (Å²) in [6.45, 7) is 1.98. The van der Waals surface area contributed by atoms with Crippen molar-refractivity contribution in [2.75, 3.05) is 11.5 Å². The normalized spacial score (nSPS) is 10.3. The van der Waals surface area contributed by atoms with Crippen LogP contribution in [0.4, 0.5) is 4.39 Å². The highest BCUT2D eigenvalue weighted by Gasteiger charge is 2.10. The van der Waals surface area contributed by atoms with Gasteiger partial charge in [0.05, 0.1) is 10.8 Å². The fourth-order valence-corrected chi connectivity index (χ4v) is 1.89. The van der Waals surface area contributed by atoms with Gasteiger partial charge in [-0.2, -0.15) is 11.8 Å². The average molecular weight is 247 g/mol. The maximum absolute atomic E-state index is 13.4. The molecule has 0 fully saturated rings. The Morgan fingerprint density at radius 1 is 1.53 bits per heavy atom. The van der Waals surface area contributed by atoms with Gasteiger partial charge in [0.2, 0.25) is 0 Å². The number of thioether (sulfide) groups is 1. The monoisotopic (exact) mass is 246 g/mol.